The largest absolute Gasteiger partial charge is 0.326 e. The van der Waals surface area contributed by atoms with E-state index >= 15 is 0 Å². The number of amides is 1. The second-order valence-corrected chi connectivity index (χ2v) is 5.25. The number of anilines is 1. The van der Waals surface area contributed by atoms with Gasteiger partial charge in [0.15, 0.2) is 0 Å². The standard InChI is InChI=1S/C17H17ClFNO/c1-2-12-3-5-13(6-4-12)7-10-17(21)20-14-8-9-16(19)15(18)11-14/h3-6,8-9,11H,2,7,10H2,1H3,(H,20,21). The number of hydrogen-bond acceptors (Lipinski definition) is 1. The third-order valence-corrected chi connectivity index (χ3v) is 3.56. The highest BCUT2D eigenvalue weighted by Gasteiger charge is 2.06. The number of nitrogens with one attached hydrogen (secondary N) is 1. The summed E-state index contributed by atoms with van der Waals surface area (Å²) in [5.74, 6) is -0.608. The van der Waals surface area contributed by atoms with Gasteiger partial charge in [0.25, 0.3) is 0 Å². The van der Waals surface area contributed by atoms with Crippen molar-refractivity contribution in [1.29, 1.82) is 0 Å². The first-order chi connectivity index (χ1) is 10.1. The minimum atomic E-state index is -0.495. The molecule has 0 aliphatic carbocycles. The predicted molar refractivity (Wildman–Crippen MR) is 84.2 cm³/mol. The van der Waals surface area contributed by atoms with Gasteiger partial charge in [-0.1, -0.05) is 42.8 Å². The molecule has 4 heteroatoms. The van der Waals surface area contributed by atoms with E-state index < -0.39 is 5.82 Å². The van der Waals surface area contributed by atoms with Crippen LogP contribution in [-0.4, -0.2) is 5.91 Å². The van der Waals surface area contributed by atoms with E-state index in [2.05, 4.69) is 24.4 Å². The van der Waals surface area contributed by atoms with Gasteiger partial charge in [-0.05, 0) is 42.2 Å². The molecule has 2 nitrogen and oxygen atoms in total. The lowest BCUT2D eigenvalue weighted by Crippen LogP contribution is -2.12. The van der Waals surface area contributed by atoms with E-state index in [1.807, 2.05) is 12.1 Å². The Bertz CT molecular complexity index is 625. The number of carbonyl (C=O) groups excluding carboxylic acids is 1. The molecule has 0 spiro atoms. The van der Waals surface area contributed by atoms with Gasteiger partial charge >= 0.3 is 0 Å². The Kier molecular flexibility index (Phi) is 5.34. The first-order valence-corrected chi connectivity index (χ1v) is 7.29. The zero-order valence-electron chi connectivity index (χ0n) is 11.8. The molecular weight excluding hydrogens is 289 g/mol. The Morgan fingerprint density at radius 3 is 2.43 bits per heavy atom. The van der Waals surface area contributed by atoms with Crippen LogP contribution in [-0.2, 0) is 17.6 Å². The molecule has 2 aromatic rings. The maximum Gasteiger partial charge on any atom is 0.224 e. The lowest BCUT2D eigenvalue weighted by molar-refractivity contribution is -0.116. The molecular formula is C17H17ClFNO. The number of hydrogen-bond donors (Lipinski definition) is 1. The summed E-state index contributed by atoms with van der Waals surface area (Å²) in [6, 6.07) is 12.4. The molecule has 2 aromatic carbocycles. The topological polar surface area (TPSA) is 29.1 Å². The molecule has 0 aliphatic heterocycles. The van der Waals surface area contributed by atoms with Crippen molar-refractivity contribution in [3.8, 4) is 0 Å². The van der Waals surface area contributed by atoms with Gasteiger partial charge in [0.2, 0.25) is 5.91 Å². The zero-order chi connectivity index (χ0) is 15.2. The lowest BCUT2D eigenvalue weighted by Gasteiger charge is -2.06. The van der Waals surface area contributed by atoms with Crippen LogP contribution in [0, 0.1) is 5.82 Å². The summed E-state index contributed by atoms with van der Waals surface area (Å²) in [5.41, 5.74) is 2.91. The predicted octanol–water partition coefficient (Wildman–Crippen LogP) is 4.61. The minimum Gasteiger partial charge on any atom is -0.326 e. The third-order valence-electron chi connectivity index (χ3n) is 3.28. The average molecular weight is 306 g/mol. The van der Waals surface area contributed by atoms with Crippen LogP contribution in [0.25, 0.3) is 0 Å². The minimum absolute atomic E-state index is 0.00274. The Morgan fingerprint density at radius 2 is 1.81 bits per heavy atom. The Balaban J connectivity index is 1.87. The van der Waals surface area contributed by atoms with E-state index in [1.165, 1.54) is 23.8 Å². The SMILES string of the molecule is CCc1ccc(CCC(=O)Nc2ccc(F)c(Cl)c2)cc1. The molecule has 0 fully saturated rings. The molecule has 0 saturated carbocycles. The first kappa shape index (κ1) is 15.5. The maximum atomic E-state index is 13.0. The Hall–Kier alpha value is -1.87. The average Bonchev–Trinajstić information content (AvgIpc) is 2.49. The molecule has 0 atom stereocenters. The number of rotatable bonds is 5. The summed E-state index contributed by atoms with van der Waals surface area (Å²) in [4.78, 5) is 11.9. The summed E-state index contributed by atoms with van der Waals surface area (Å²) >= 11 is 5.67. The fourth-order valence-electron chi connectivity index (χ4n) is 2.00. The van der Waals surface area contributed by atoms with Crippen molar-refractivity contribution in [1.82, 2.24) is 0 Å². The van der Waals surface area contributed by atoms with Crippen molar-refractivity contribution < 1.29 is 9.18 Å². The normalized spacial score (nSPS) is 10.4. The summed E-state index contributed by atoms with van der Waals surface area (Å²) in [6.45, 7) is 2.11. The van der Waals surface area contributed by atoms with E-state index in [0.29, 0.717) is 18.5 Å². The molecule has 0 aliphatic rings. The molecule has 110 valence electrons. The van der Waals surface area contributed by atoms with Gasteiger partial charge in [0.1, 0.15) is 5.82 Å². The molecule has 0 heterocycles. The van der Waals surface area contributed by atoms with Crippen LogP contribution in [0.1, 0.15) is 24.5 Å². The zero-order valence-corrected chi connectivity index (χ0v) is 12.6. The van der Waals surface area contributed by atoms with E-state index in [9.17, 15) is 9.18 Å². The van der Waals surface area contributed by atoms with E-state index in [4.69, 9.17) is 11.6 Å². The van der Waals surface area contributed by atoms with E-state index in [1.54, 1.807) is 0 Å². The molecule has 0 aromatic heterocycles. The molecule has 21 heavy (non-hydrogen) atoms. The van der Waals surface area contributed by atoms with Gasteiger partial charge in [-0.2, -0.15) is 0 Å². The van der Waals surface area contributed by atoms with Gasteiger partial charge < -0.3 is 5.32 Å². The van der Waals surface area contributed by atoms with Gasteiger partial charge in [-0.3, -0.25) is 4.79 Å². The quantitative estimate of drug-likeness (QED) is 0.858. The summed E-state index contributed by atoms with van der Waals surface area (Å²) in [5, 5.41) is 2.72. The highest BCUT2D eigenvalue weighted by atomic mass is 35.5. The first-order valence-electron chi connectivity index (χ1n) is 6.91. The third kappa shape index (κ3) is 4.57. The van der Waals surface area contributed by atoms with Crippen LogP contribution in [0.3, 0.4) is 0 Å². The number of benzene rings is 2. The van der Waals surface area contributed by atoms with Crippen LogP contribution < -0.4 is 5.32 Å². The molecule has 0 radical (unpaired) electrons. The summed E-state index contributed by atoms with van der Waals surface area (Å²) in [6.07, 6.45) is 2.05. The van der Waals surface area contributed by atoms with Crippen molar-refractivity contribution in [3.05, 3.63) is 64.4 Å². The van der Waals surface area contributed by atoms with Crippen LogP contribution in [0.15, 0.2) is 42.5 Å². The maximum absolute atomic E-state index is 13.0. The fraction of sp³-hybridized carbons (Fsp3) is 0.235. The van der Waals surface area contributed by atoms with Gasteiger partial charge in [-0.15, -0.1) is 0 Å². The highest BCUT2D eigenvalue weighted by Crippen LogP contribution is 2.19. The number of aryl methyl sites for hydroxylation is 2. The van der Waals surface area contributed by atoms with Crippen molar-refractivity contribution in [2.75, 3.05) is 5.32 Å². The molecule has 1 amide bonds. The second kappa shape index (κ2) is 7.23. The molecule has 0 bridgehead atoms. The number of halogens is 2. The molecule has 0 unspecified atom stereocenters. The van der Waals surface area contributed by atoms with Crippen LogP contribution in [0.4, 0.5) is 10.1 Å². The summed E-state index contributed by atoms with van der Waals surface area (Å²) in [7, 11) is 0. The van der Waals surface area contributed by atoms with Gasteiger partial charge in [0.05, 0.1) is 5.02 Å². The van der Waals surface area contributed by atoms with Crippen LogP contribution >= 0.6 is 11.6 Å². The lowest BCUT2D eigenvalue weighted by atomic mass is 10.1. The van der Waals surface area contributed by atoms with Crippen molar-refractivity contribution >= 4 is 23.2 Å². The fourth-order valence-corrected chi connectivity index (χ4v) is 2.18. The second-order valence-electron chi connectivity index (χ2n) is 4.85. The van der Waals surface area contributed by atoms with E-state index in [-0.39, 0.29) is 10.9 Å². The van der Waals surface area contributed by atoms with Crippen LogP contribution in [0.2, 0.25) is 5.02 Å². The Labute approximate surface area is 128 Å². The smallest absolute Gasteiger partial charge is 0.224 e. The highest BCUT2D eigenvalue weighted by molar-refractivity contribution is 6.31. The Morgan fingerprint density at radius 1 is 1.14 bits per heavy atom. The monoisotopic (exact) mass is 305 g/mol. The molecule has 1 N–H and O–H groups in total. The van der Waals surface area contributed by atoms with Gasteiger partial charge in [-0.25, -0.2) is 4.39 Å². The van der Waals surface area contributed by atoms with Crippen molar-refractivity contribution in [3.63, 3.8) is 0 Å². The molecule has 0 saturated heterocycles. The van der Waals surface area contributed by atoms with Crippen LogP contribution in [0.5, 0.6) is 0 Å². The summed E-state index contributed by atoms with van der Waals surface area (Å²) < 4.78 is 13.0. The van der Waals surface area contributed by atoms with E-state index in [0.717, 1.165) is 12.0 Å². The molecule has 2 rings (SSSR count). The van der Waals surface area contributed by atoms with Crippen molar-refractivity contribution in [2.45, 2.75) is 26.2 Å². The number of carbonyl (C=O) groups is 1. The van der Waals surface area contributed by atoms with Gasteiger partial charge in [0, 0.05) is 12.1 Å². The van der Waals surface area contributed by atoms with Crippen molar-refractivity contribution in [2.24, 2.45) is 0 Å².